The van der Waals surface area contributed by atoms with Gasteiger partial charge in [-0.2, -0.15) is 0 Å². The van der Waals surface area contributed by atoms with Crippen LogP contribution in [0, 0.1) is 6.92 Å². The van der Waals surface area contributed by atoms with E-state index in [4.69, 9.17) is 5.11 Å². The summed E-state index contributed by atoms with van der Waals surface area (Å²) in [5, 5.41) is 9.54. The van der Waals surface area contributed by atoms with Gasteiger partial charge < -0.3 is 5.11 Å². The number of carbonyl (C=O) groups is 1. The van der Waals surface area contributed by atoms with Crippen LogP contribution in [0.5, 0.6) is 0 Å². The van der Waals surface area contributed by atoms with Gasteiger partial charge in [0, 0.05) is 5.56 Å². The molecule has 0 radical (unpaired) electrons. The first-order valence-electron chi connectivity index (χ1n) is 4.43. The number of benzene rings is 1. The Kier molecular flexibility index (Phi) is 2.51. The number of aromatic nitrogens is 1. The normalized spacial score (nSPS) is 10.2. The molecule has 3 nitrogen and oxygen atoms in total. The molecule has 2 rings (SSSR count). The highest BCUT2D eigenvalue weighted by atomic mass is 32.1. The molecule has 0 amide bonds. The Morgan fingerprint density at radius 3 is 2.73 bits per heavy atom. The van der Waals surface area contributed by atoms with Crippen molar-refractivity contribution in [2.45, 2.75) is 6.92 Å². The summed E-state index contributed by atoms with van der Waals surface area (Å²) in [5.74, 6) is -0.924. The fourth-order valence-electron chi connectivity index (χ4n) is 1.31. The maximum atomic E-state index is 10.7. The maximum absolute atomic E-state index is 10.7. The molecule has 0 fully saturated rings. The number of carboxylic acids is 1. The van der Waals surface area contributed by atoms with Gasteiger partial charge in [-0.25, -0.2) is 9.78 Å². The minimum atomic E-state index is -0.924. The Balaban J connectivity index is 2.46. The van der Waals surface area contributed by atoms with Crippen LogP contribution in [0.15, 0.2) is 30.5 Å². The second-order valence-corrected chi connectivity index (χ2v) is 4.18. The van der Waals surface area contributed by atoms with Gasteiger partial charge >= 0.3 is 5.97 Å². The number of thiazole rings is 1. The largest absolute Gasteiger partial charge is 0.477 e. The minimum absolute atomic E-state index is 0.272. The van der Waals surface area contributed by atoms with Crippen LogP contribution in [0.2, 0.25) is 0 Å². The average molecular weight is 219 g/mol. The number of nitrogens with zero attached hydrogens (tertiary/aromatic N) is 1. The molecule has 0 saturated carbocycles. The number of aromatic carboxylic acids is 1. The molecular weight excluding hydrogens is 210 g/mol. The molecule has 0 atom stereocenters. The van der Waals surface area contributed by atoms with Crippen molar-refractivity contribution in [3.8, 4) is 10.6 Å². The van der Waals surface area contributed by atoms with Gasteiger partial charge in [0.25, 0.3) is 0 Å². The van der Waals surface area contributed by atoms with E-state index < -0.39 is 5.97 Å². The molecule has 1 heterocycles. The second kappa shape index (κ2) is 3.82. The first kappa shape index (κ1) is 9.86. The lowest BCUT2D eigenvalue weighted by Gasteiger charge is -1.99. The van der Waals surface area contributed by atoms with Crippen LogP contribution < -0.4 is 0 Å². The lowest BCUT2D eigenvalue weighted by atomic mass is 10.1. The lowest BCUT2D eigenvalue weighted by molar-refractivity contribution is 0.0702. The molecule has 0 spiro atoms. The summed E-state index contributed by atoms with van der Waals surface area (Å²) in [6.45, 7) is 1.98. The van der Waals surface area contributed by atoms with Gasteiger partial charge in [-0.3, -0.25) is 0 Å². The topological polar surface area (TPSA) is 50.2 Å². The highest BCUT2D eigenvalue weighted by Crippen LogP contribution is 2.27. The van der Waals surface area contributed by atoms with E-state index in [0.29, 0.717) is 0 Å². The molecule has 1 aromatic heterocycles. The van der Waals surface area contributed by atoms with E-state index in [1.165, 1.54) is 17.5 Å². The number of hydrogen-bond donors (Lipinski definition) is 1. The summed E-state index contributed by atoms with van der Waals surface area (Å²) in [6.07, 6.45) is 1.40. The highest BCUT2D eigenvalue weighted by Gasteiger charge is 2.10. The van der Waals surface area contributed by atoms with E-state index in [1.54, 1.807) is 0 Å². The number of rotatable bonds is 2. The van der Waals surface area contributed by atoms with Gasteiger partial charge in [0.05, 0.1) is 6.20 Å². The third kappa shape index (κ3) is 1.89. The molecule has 2 aromatic rings. The van der Waals surface area contributed by atoms with E-state index in [0.717, 1.165) is 16.1 Å². The van der Waals surface area contributed by atoms with Gasteiger partial charge in [-0.15, -0.1) is 11.3 Å². The smallest absolute Gasteiger partial charge is 0.347 e. The van der Waals surface area contributed by atoms with Crippen molar-refractivity contribution < 1.29 is 9.90 Å². The van der Waals surface area contributed by atoms with Gasteiger partial charge in [0.15, 0.2) is 0 Å². The molecule has 0 unspecified atom stereocenters. The third-order valence-electron chi connectivity index (χ3n) is 2.09. The number of carboxylic acid groups (broad SMARTS) is 1. The van der Waals surface area contributed by atoms with Crippen LogP contribution in [0.3, 0.4) is 0 Å². The zero-order valence-electron chi connectivity index (χ0n) is 8.10. The second-order valence-electron chi connectivity index (χ2n) is 3.15. The predicted octanol–water partition coefficient (Wildman–Crippen LogP) is 2.82. The van der Waals surface area contributed by atoms with Gasteiger partial charge in [-0.05, 0) is 12.5 Å². The van der Waals surface area contributed by atoms with Crippen LogP contribution in [-0.4, -0.2) is 16.1 Å². The molecule has 0 aliphatic carbocycles. The summed E-state index contributed by atoms with van der Waals surface area (Å²) < 4.78 is 0. The van der Waals surface area contributed by atoms with E-state index >= 15 is 0 Å². The number of aryl methyl sites for hydroxylation is 1. The molecule has 4 heteroatoms. The fraction of sp³-hybridized carbons (Fsp3) is 0.0909. The van der Waals surface area contributed by atoms with Crippen LogP contribution in [0.1, 0.15) is 15.2 Å². The average Bonchev–Trinajstić information content (AvgIpc) is 2.67. The quantitative estimate of drug-likeness (QED) is 0.844. The van der Waals surface area contributed by atoms with Gasteiger partial charge in [0.1, 0.15) is 9.88 Å². The van der Waals surface area contributed by atoms with Crippen LogP contribution in [0.4, 0.5) is 0 Å². The summed E-state index contributed by atoms with van der Waals surface area (Å²) in [4.78, 5) is 15.1. The summed E-state index contributed by atoms with van der Waals surface area (Å²) in [5.41, 5.74) is 2.10. The Bertz CT molecular complexity index is 505. The fourth-order valence-corrected chi connectivity index (χ4v) is 2.16. The monoisotopic (exact) mass is 219 g/mol. The van der Waals surface area contributed by atoms with E-state index in [-0.39, 0.29) is 4.88 Å². The van der Waals surface area contributed by atoms with Crippen LogP contribution in [-0.2, 0) is 0 Å². The first-order valence-corrected chi connectivity index (χ1v) is 5.25. The highest BCUT2D eigenvalue weighted by molar-refractivity contribution is 7.16. The Labute approximate surface area is 91.0 Å². The molecular formula is C11H9NO2S. The van der Waals surface area contributed by atoms with Gasteiger partial charge in [0.2, 0.25) is 0 Å². The molecule has 15 heavy (non-hydrogen) atoms. The Morgan fingerprint density at radius 2 is 2.13 bits per heavy atom. The molecule has 1 N–H and O–H groups in total. The van der Waals surface area contributed by atoms with E-state index in [9.17, 15) is 4.79 Å². The molecule has 0 aliphatic heterocycles. The van der Waals surface area contributed by atoms with E-state index in [1.807, 2.05) is 31.2 Å². The SMILES string of the molecule is Cc1ccccc1-c1ncc(C(=O)O)s1. The number of hydrogen-bond acceptors (Lipinski definition) is 3. The molecule has 1 aromatic carbocycles. The van der Waals surface area contributed by atoms with Crippen molar-refractivity contribution in [3.63, 3.8) is 0 Å². The van der Waals surface area contributed by atoms with Crippen molar-refractivity contribution in [1.29, 1.82) is 0 Å². The minimum Gasteiger partial charge on any atom is -0.477 e. The van der Waals surface area contributed by atoms with Crippen molar-refractivity contribution >= 4 is 17.3 Å². The first-order chi connectivity index (χ1) is 7.18. The Hall–Kier alpha value is -1.68. The van der Waals surface area contributed by atoms with Crippen molar-refractivity contribution in [1.82, 2.24) is 4.98 Å². The molecule has 0 aliphatic rings. The summed E-state index contributed by atoms with van der Waals surface area (Å²) >= 11 is 1.20. The van der Waals surface area contributed by atoms with Crippen LogP contribution in [0.25, 0.3) is 10.6 Å². The summed E-state index contributed by atoms with van der Waals surface area (Å²) in [7, 11) is 0. The zero-order valence-corrected chi connectivity index (χ0v) is 8.91. The predicted molar refractivity (Wildman–Crippen MR) is 59.2 cm³/mol. The Morgan fingerprint density at radius 1 is 1.40 bits per heavy atom. The maximum Gasteiger partial charge on any atom is 0.347 e. The van der Waals surface area contributed by atoms with Crippen molar-refractivity contribution in [2.75, 3.05) is 0 Å². The van der Waals surface area contributed by atoms with E-state index in [2.05, 4.69) is 4.98 Å². The lowest BCUT2D eigenvalue weighted by Crippen LogP contribution is -1.89. The third-order valence-corrected chi connectivity index (χ3v) is 3.11. The van der Waals surface area contributed by atoms with Crippen LogP contribution >= 0.6 is 11.3 Å². The van der Waals surface area contributed by atoms with Crippen molar-refractivity contribution in [3.05, 3.63) is 40.9 Å². The molecule has 0 saturated heterocycles. The van der Waals surface area contributed by atoms with Crippen molar-refractivity contribution in [2.24, 2.45) is 0 Å². The molecule has 76 valence electrons. The standard InChI is InChI=1S/C11H9NO2S/c1-7-4-2-3-5-8(7)10-12-6-9(15-10)11(13)14/h2-6H,1H3,(H,13,14). The van der Waals surface area contributed by atoms with Gasteiger partial charge in [-0.1, -0.05) is 24.3 Å². The zero-order chi connectivity index (χ0) is 10.8. The summed E-state index contributed by atoms with van der Waals surface area (Å²) in [6, 6.07) is 7.80. The molecule has 0 bridgehead atoms.